The van der Waals surface area contributed by atoms with Gasteiger partial charge in [-0.05, 0) is 32.4 Å². The second kappa shape index (κ2) is 6.15. The average molecular weight is 268 g/mol. The number of aryl methyl sites for hydroxylation is 1. The molecule has 1 aliphatic heterocycles. The lowest BCUT2D eigenvalue weighted by Gasteiger charge is -2.42. The zero-order valence-electron chi connectivity index (χ0n) is 11.6. The Balaban J connectivity index is 2.27. The first-order valence-electron chi connectivity index (χ1n) is 6.83. The van der Waals surface area contributed by atoms with Crippen LogP contribution in [-0.2, 0) is 11.2 Å². The van der Waals surface area contributed by atoms with Crippen molar-refractivity contribution in [1.29, 1.82) is 0 Å². The molecule has 0 aromatic carbocycles. The van der Waals surface area contributed by atoms with Crippen LogP contribution in [0.1, 0.15) is 36.6 Å². The molecule has 1 aliphatic rings. The molecule has 3 nitrogen and oxygen atoms in total. The molecule has 0 bridgehead atoms. The normalized spacial score (nSPS) is 25.8. The number of rotatable bonds is 4. The standard InChI is InChI=1S/C14H24N2OS/c1-4-11-5-6-13(18-11)14-12(9-15)17-8-7-16(14)10(2)3/h5-6,10,12,14H,4,7-9,15H2,1-3H3. The van der Waals surface area contributed by atoms with Crippen LogP contribution in [0, 0.1) is 0 Å². The average Bonchev–Trinajstić information content (AvgIpc) is 2.86. The van der Waals surface area contributed by atoms with Gasteiger partial charge < -0.3 is 10.5 Å². The monoisotopic (exact) mass is 268 g/mol. The molecule has 2 N–H and O–H groups in total. The van der Waals surface area contributed by atoms with Gasteiger partial charge in [0.2, 0.25) is 0 Å². The van der Waals surface area contributed by atoms with Gasteiger partial charge in [-0.1, -0.05) is 6.92 Å². The van der Waals surface area contributed by atoms with E-state index in [0.29, 0.717) is 18.6 Å². The number of thiophene rings is 1. The van der Waals surface area contributed by atoms with E-state index in [0.717, 1.165) is 19.6 Å². The molecule has 0 saturated carbocycles. The fourth-order valence-corrected chi connectivity index (χ4v) is 3.75. The van der Waals surface area contributed by atoms with E-state index in [1.54, 1.807) is 0 Å². The topological polar surface area (TPSA) is 38.5 Å². The zero-order chi connectivity index (χ0) is 13.1. The molecular weight excluding hydrogens is 244 g/mol. The van der Waals surface area contributed by atoms with Crippen LogP contribution in [0.3, 0.4) is 0 Å². The summed E-state index contributed by atoms with van der Waals surface area (Å²) in [7, 11) is 0. The van der Waals surface area contributed by atoms with Crippen LogP contribution in [0.4, 0.5) is 0 Å². The largest absolute Gasteiger partial charge is 0.374 e. The van der Waals surface area contributed by atoms with Crippen LogP contribution in [0.15, 0.2) is 12.1 Å². The Hall–Kier alpha value is -0.420. The lowest BCUT2D eigenvalue weighted by Crippen LogP contribution is -2.50. The van der Waals surface area contributed by atoms with Crippen LogP contribution in [0.2, 0.25) is 0 Å². The van der Waals surface area contributed by atoms with Gasteiger partial charge in [-0.2, -0.15) is 0 Å². The Morgan fingerprint density at radius 3 is 2.83 bits per heavy atom. The fraction of sp³-hybridized carbons (Fsp3) is 0.714. The first-order chi connectivity index (χ1) is 8.67. The second-order valence-corrected chi connectivity index (χ2v) is 6.28. The predicted octanol–water partition coefficient (Wildman–Crippen LogP) is 2.42. The molecule has 2 rings (SSSR count). The van der Waals surface area contributed by atoms with Gasteiger partial charge >= 0.3 is 0 Å². The molecule has 1 saturated heterocycles. The van der Waals surface area contributed by atoms with Crippen molar-refractivity contribution < 1.29 is 4.74 Å². The van der Waals surface area contributed by atoms with Gasteiger partial charge in [0, 0.05) is 28.9 Å². The Morgan fingerprint density at radius 2 is 2.28 bits per heavy atom. The van der Waals surface area contributed by atoms with Crippen molar-refractivity contribution in [2.45, 2.75) is 45.4 Å². The van der Waals surface area contributed by atoms with Crippen LogP contribution in [0.25, 0.3) is 0 Å². The molecule has 4 heteroatoms. The quantitative estimate of drug-likeness (QED) is 0.911. The summed E-state index contributed by atoms with van der Waals surface area (Å²) in [5.41, 5.74) is 5.89. The van der Waals surface area contributed by atoms with E-state index in [9.17, 15) is 0 Å². The first-order valence-corrected chi connectivity index (χ1v) is 7.65. The molecule has 1 aromatic heterocycles. The van der Waals surface area contributed by atoms with E-state index in [4.69, 9.17) is 10.5 Å². The van der Waals surface area contributed by atoms with E-state index in [-0.39, 0.29) is 6.10 Å². The minimum atomic E-state index is 0.129. The first kappa shape index (κ1) is 14.0. The number of ether oxygens (including phenoxy) is 1. The highest BCUT2D eigenvalue weighted by Crippen LogP contribution is 2.35. The van der Waals surface area contributed by atoms with Crippen LogP contribution < -0.4 is 5.73 Å². The van der Waals surface area contributed by atoms with Crippen molar-refractivity contribution in [3.63, 3.8) is 0 Å². The van der Waals surface area contributed by atoms with Crippen LogP contribution >= 0.6 is 11.3 Å². The molecule has 0 radical (unpaired) electrons. The lowest BCUT2D eigenvalue weighted by atomic mass is 10.0. The highest BCUT2D eigenvalue weighted by atomic mass is 32.1. The van der Waals surface area contributed by atoms with Gasteiger partial charge in [-0.25, -0.2) is 0 Å². The Kier molecular flexibility index (Phi) is 4.78. The van der Waals surface area contributed by atoms with Gasteiger partial charge in [0.25, 0.3) is 0 Å². The molecule has 0 amide bonds. The zero-order valence-corrected chi connectivity index (χ0v) is 12.4. The summed E-state index contributed by atoms with van der Waals surface area (Å²) in [4.78, 5) is 5.36. The molecule has 0 spiro atoms. The maximum atomic E-state index is 5.89. The third kappa shape index (κ3) is 2.77. The smallest absolute Gasteiger partial charge is 0.0902 e. The Morgan fingerprint density at radius 1 is 1.50 bits per heavy atom. The van der Waals surface area contributed by atoms with Crippen molar-refractivity contribution in [2.75, 3.05) is 19.7 Å². The molecule has 102 valence electrons. The van der Waals surface area contributed by atoms with Crippen molar-refractivity contribution in [3.8, 4) is 0 Å². The summed E-state index contributed by atoms with van der Waals surface area (Å²) < 4.78 is 5.86. The maximum Gasteiger partial charge on any atom is 0.0902 e. The van der Waals surface area contributed by atoms with Crippen molar-refractivity contribution in [2.24, 2.45) is 5.73 Å². The van der Waals surface area contributed by atoms with Crippen molar-refractivity contribution in [3.05, 3.63) is 21.9 Å². The minimum absolute atomic E-state index is 0.129. The second-order valence-electron chi connectivity index (χ2n) is 5.08. The summed E-state index contributed by atoms with van der Waals surface area (Å²) in [5.74, 6) is 0. The third-order valence-electron chi connectivity index (χ3n) is 3.61. The number of nitrogens with zero attached hydrogens (tertiary/aromatic N) is 1. The number of nitrogens with two attached hydrogens (primary N) is 1. The SMILES string of the molecule is CCc1ccc(C2C(CN)OCCN2C(C)C)s1. The Labute approximate surface area is 114 Å². The van der Waals surface area contributed by atoms with Crippen molar-refractivity contribution in [1.82, 2.24) is 4.90 Å². The van der Waals surface area contributed by atoms with Gasteiger partial charge in [-0.3, -0.25) is 4.90 Å². The van der Waals surface area contributed by atoms with Crippen LogP contribution in [-0.4, -0.2) is 36.7 Å². The molecule has 1 fully saturated rings. The van der Waals surface area contributed by atoms with Gasteiger partial charge in [0.05, 0.1) is 18.8 Å². The summed E-state index contributed by atoms with van der Waals surface area (Å²) in [5, 5.41) is 0. The fourth-order valence-electron chi connectivity index (χ4n) is 2.62. The minimum Gasteiger partial charge on any atom is -0.374 e. The molecule has 2 heterocycles. The summed E-state index contributed by atoms with van der Waals surface area (Å²) in [6.45, 7) is 9.09. The summed E-state index contributed by atoms with van der Waals surface area (Å²) in [6, 6.07) is 5.34. The molecular formula is C14H24N2OS. The summed E-state index contributed by atoms with van der Waals surface area (Å²) >= 11 is 1.90. The molecule has 18 heavy (non-hydrogen) atoms. The van der Waals surface area contributed by atoms with E-state index in [2.05, 4.69) is 37.8 Å². The molecule has 2 atom stereocenters. The highest BCUT2D eigenvalue weighted by Gasteiger charge is 2.34. The number of hydrogen-bond acceptors (Lipinski definition) is 4. The van der Waals surface area contributed by atoms with E-state index < -0.39 is 0 Å². The lowest BCUT2D eigenvalue weighted by molar-refractivity contribution is -0.0777. The maximum absolute atomic E-state index is 5.89. The predicted molar refractivity (Wildman–Crippen MR) is 77.1 cm³/mol. The molecule has 0 aliphatic carbocycles. The van der Waals surface area contributed by atoms with Gasteiger partial charge in [-0.15, -0.1) is 11.3 Å². The molecule has 2 unspecified atom stereocenters. The highest BCUT2D eigenvalue weighted by molar-refractivity contribution is 7.12. The number of morpholine rings is 1. The third-order valence-corrected chi connectivity index (χ3v) is 4.91. The summed E-state index contributed by atoms with van der Waals surface area (Å²) in [6.07, 6.45) is 1.23. The van der Waals surface area contributed by atoms with E-state index >= 15 is 0 Å². The Bertz CT molecular complexity index is 378. The van der Waals surface area contributed by atoms with Gasteiger partial charge in [0.15, 0.2) is 0 Å². The van der Waals surface area contributed by atoms with Gasteiger partial charge in [0.1, 0.15) is 0 Å². The number of hydrogen-bond donors (Lipinski definition) is 1. The molecule has 1 aromatic rings. The van der Waals surface area contributed by atoms with E-state index in [1.807, 2.05) is 11.3 Å². The van der Waals surface area contributed by atoms with Crippen molar-refractivity contribution >= 4 is 11.3 Å². The van der Waals surface area contributed by atoms with Crippen LogP contribution in [0.5, 0.6) is 0 Å². The van der Waals surface area contributed by atoms with E-state index in [1.165, 1.54) is 9.75 Å².